The third-order valence-electron chi connectivity index (χ3n) is 6.82. The SMILES string of the molecule is Cc1c(-c2c3oc4c(C(C)C)cccc4c3cc[n+]2C)cc(C(C)(C)C)c2ccccc12. The van der Waals surface area contributed by atoms with E-state index in [0.717, 1.165) is 16.9 Å². The molecular formula is C30H32NO+. The second-order valence-corrected chi connectivity index (χ2v) is 10.4. The number of hydrogen-bond donors (Lipinski definition) is 0. The van der Waals surface area contributed by atoms with Crippen LogP contribution in [0, 0.1) is 6.92 Å². The maximum atomic E-state index is 6.68. The molecule has 0 N–H and O–H groups in total. The van der Waals surface area contributed by atoms with Gasteiger partial charge in [-0.15, -0.1) is 0 Å². The first-order valence-corrected chi connectivity index (χ1v) is 11.6. The molecule has 0 saturated carbocycles. The van der Waals surface area contributed by atoms with Crippen LogP contribution in [-0.4, -0.2) is 0 Å². The number of benzene rings is 3. The first-order chi connectivity index (χ1) is 15.2. The van der Waals surface area contributed by atoms with Gasteiger partial charge in [-0.25, -0.2) is 0 Å². The predicted molar refractivity (Wildman–Crippen MR) is 135 cm³/mol. The molecule has 0 unspecified atom stereocenters. The minimum Gasteiger partial charge on any atom is -0.449 e. The Balaban J connectivity index is 1.94. The van der Waals surface area contributed by atoms with E-state index in [1.165, 1.54) is 43.8 Å². The Morgan fingerprint density at radius 1 is 0.812 bits per heavy atom. The van der Waals surface area contributed by atoms with Crippen molar-refractivity contribution in [3.8, 4) is 11.3 Å². The molecule has 2 heterocycles. The zero-order valence-electron chi connectivity index (χ0n) is 20.2. The van der Waals surface area contributed by atoms with Crippen molar-refractivity contribution in [3.05, 3.63) is 77.5 Å². The number of furan rings is 1. The average Bonchev–Trinajstić information content (AvgIpc) is 3.12. The number of rotatable bonds is 2. The zero-order valence-corrected chi connectivity index (χ0v) is 20.2. The molecule has 2 aromatic heterocycles. The minimum atomic E-state index is 0.0349. The highest BCUT2D eigenvalue weighted by Crippen LogP contribution is 2.41. The molecule has 32 heavy (non-hydrogen) atoms. The van der Waals surface area contributed by atoms with Crippen molar-refractivity contribution in [2.24, 2.45) is 7.05 Å². The summed E-state index contributed by atoms with van der Waals surface area (Å²) >= 11 is 0. The lowest BCUT2D eigenvalue weighted by molar-refractivity contribution is -0.659. The molecule has 0 atom stereocenters. The molecule has 0 aliphatic heterocycles. The Morgan fingerprint density at radius 2 is 1.47 bits per heavy atom. The maximum Gasteiger partial charge on any atom is 0.256 e. The van der Waals surface area contributed by atoms with E-state index in [9.17, 15) is 0 Å². The van der Waals surface area contributed by atoms with Crippen LogP contribution in [0.2, 0.25) is 0 Å². The fourth-order valence-electron chi connectivity index (χ4n) is 5.08. The lowest BCUT2D eigenvalue weighted by atomic mass is 9.80. The first kappa shape index (κ1) is 20.8. The van der Waals surface area contributed by atoms with Gasteiger partial charge in [0.1, 0.15) is 12.6 Å². The van der Waals surface area contributed by atoms with Gasteiger partial charge in [-0.1, -0.05) is 77.1 Å². The Morgan fingerprint density at radius 3 is 2.16 bits per heavy atom. The highest BCUT2D eigenvalue weighted by atomic mass is 16.3. The van der Waals surface area contributed by atoms with Crippen LogP contribution in [0.3, 0.4) is 0 Å². The Hall–Kier alpha value is -3.13. The number of nitrogens with zero attached hydrogens (tertiary/aromatic N) is 1. The van der Waals surface area contributed by atoms with Gasteiger partial charge >= 0.3 is 0 Å². The summed E-state index contributed by atoms with van der Waals surface area (Å²) in [5, 5.41) is 5.02. The second kappa shape index (κ2) is 7.20. The third kappa shape index (κ3) is 3.04. The van der Waals surface area contributed by atoms with Crippen LogP contribution in [0.1, 0.15) is 57.2 Å². The molecule has 5 aromatic rings. The summed E-state index contributed by atoms with van der Waals surface area (Å²) in [5.41, 5.74) is 8.32. The molecule has 5 rings (SSSR count). The number of hydrogen-bond acceptors (Lipinski definition) is 1. The largest absolute Gasteiger partial charge is 0.449 e. The van der Waals surface area contributed by atoms with Crippen molar-refractivity contribution < 1.29 is 8.98 Å². The third-order valence-corrected chi connectivity index (χ3v) is 6.82. The summed E-state index contributed by atoms with van der Waals surface area (Å²) < 4.78 is 8.89. The van der Waals surface area contributed by atoms with Crippen LogP contribution in [0.25, 0.3) is 44.0 Å². The normalized spacial score (nSPS) is 12.5. The van der Waals surface area contributed by atoms with E-state index in [4.69, 9.17) is 4.42 Å². The van der Waals surface area contributed by atoms with Gasteiger partial charge in [0, 0.05) is 16.8 Å². The van der Waals surface area contributed by atoms with Crippen molar-refractivity contribution in [2.45, 2.75) is 52.9 Å². The summed E-state index contributed by atoms with van der Waals surface area (Å²) in [4.78, 5) is 0. The molecule has 0 aliphatic carbocycles. The van der Waals surface area contributed by atoms with E-state index in [2.05, 4.69) is 114 Å². The molecule has 0 radical (unpaired) electrons. The molecule has 0 aliphatic rings. The molecule has 0 fully saturated rings. The maximum absolute atomic E-state index is 6.68. The van der Waals surface area contributed by atoms with E-state index < -0.39 is 0 Å². The van der Waals surface area contributed by atoms with Crippen molar-refractivity contribution in [1.82, 2.24) is 0 Å². The van der Waals surface area contributed by atoms with E-state index in [-0.39, 0.29) is 5.41 Å². The smallest absolute Gasteiger partial charge is 0.256 e. The van der Waals surface area contributed by atoms with Crippen LogP contribution in [0.15, 0.2) is 65.2 Å². The van der Waals surface area contributed by atoms with Gasteiger partial charge in [0.25, 0.3) is 5.69 Å². The van der Waals surface area contributed by atoms with Crippen molar-refractivity contribution in [1.29, 1.82) is 0 Å². The number of fused-ring (bicyclic) bond motifs is 4. The van der Waals surface area contributed by atoms with E-state index >= 15 is 0 Å². The minimum absolute atomic E-state index is 0.0349. The van der Waals surface area contributed by atoms with Gasteiger partial charge in [-0.3, -0.25) is 0 Å². The van der Waals surface area contributed by atoms with Gasteiger partial charge in [0.15, 0.2) is 6.20 Å². The molecule has 0 spiro atoms. The molecule has 0 amide bonds. The molecule has 2 nitrogen and oxygen atoms in total. The Kier molecular flexibility index (Phi) is 4.67. The van der Waals surface area contributed by atoms with Crippen LogP contribution < -0.4 is 4.57 Å². The van der Waals surface area contributed by atoms with Crippen LogP contribution in [0.4, 0.5) is 0 Å². The summed E-state index contributed by atoms with van der Waals surface area (Å²) in [6, 6.07) is 19.9. The zero-order chi connectivity index (χ0) is 22.8. The van der Waals surface area contributed by atoms with Gasteiger partial charge in [-0.05, 0) is 51.8 Å². The number of pyridine rings is 1. The predicted octanol–water partition coefficient (Wildman–Crippen LogP) is 7.96. The van der Waals surface area contributed by atoms with E-state index in [0.29, 0.717) is 5.92 Å². The van der Waals surface area contributed by atoms with Gasteiger partial charge < -0.3 is 4.42 Å². The molecule has 0 bridgehead atoms. The molecule has 3 aromatic carbocycles. The van der Waals surface area contributed by atoms with Crippen molar-refractivity contribution >= 4 is 32.7 Å². The second-order valence-electron chi connectivity index (χ2n) is 10.4. The Labute approximate surface area is 190 Å². The molecule has 162 valence electrons. The Bertz CT molecular complexity index is 1500. The number of aromatic nitrogens is 1. The van der Waals surface area contributed by atoms with Crippen LogP contribution >= 0.6 is 0 Å². The van der Waals surface area contributed by atoms with Gasteiger partial charge in [0.05, 0.1) is 5.56 Å². The monoisotopic (exact) mass is 422 g/mol. The van der Waals surface area contributed by atoms with Crippen LogP contribution in [-0.2, 0) is 12.5 Å². The highest BCUT2D eigenvalue weighted by Gasteiger charge is 2.27. The fraction of sp³-hybridized carbons (Fsp3) is 0.300. The average molecular weight is 423 g/mol. The molecule has 0 saturated heterocycles. The van der Waals surface area contributed by atoms with E-state index in [1.807, 2.05) is 0 Å². The fourth-order valence-corrected chi connectivity index (χ4v) is 5.08. The van der Waals surface area contributed by atoms with E-state index in [1.54, 1.807) is 0 Å². The molecule has 2 heteroatoms. The number of para-hydroxylation sites is 1. The first-order valence-electron chi connectivity index (χ1n) is 11.6. The lowest BCUT2D eigenvalue weighted by Crippen LogP contribution is -2.30. The van der Waals surface area contributed by atoms with Crippen molar-refractivity contribution in [3.63, 3.8) is 0 Å². The summed E-state index contributed by atoms with van der Waals surface area (Å²) in [5.74, 6) is 0.409. The summed E-state index contributed by atoms with van der Waals surface area (Å²) in [6.07, 6.45) is 2.17. The summed E-state index contributed by atoms with van der Waals surface area (Å²) in [6.45, 7) is 13.6. The summed E-state index contributed by atoms with van der Waals surface area (Å²) in [7, 11) is 2.12. The van der Waals surface area contributed by atoms with Crippen LogP contribution in [0.5, 0.6) is 0 Å². The van der Waals surface area contributed by atoms with Crippen molar-refractivity contribution in [2.75, 3.05) is 0 Å². The standard InChI is InChI=1S/C30H32NO/c1-18(2)20-13-10-14-23-24-15-16-31(7)27(29(24)32-28(20)23)25-17-26(30(4,5)6)22-12-9-8-11-21(22)19(25)3/h8-18H,1-7H3/q+1. The van der Waals surface area contributed by atoms with Gasteiger partial charge in [0.2, 0.25) is 5.58 Å². The number of aryl methyl sites for hydroxylation is 2. The lowest BCUT2D eigenvalue weighted by Gasteiger charge is -2.23. The highest BCUT2D eigenvalue weighted by molar-refractivity contribution is 6.09. The topological polar surface area (TPSA) is 17.0 Å². The van der Waals surface area contributed by atoms with Gasteiger partial charge in [-0.2, -0.15) is 4.57 Å². The quantitative estimate of drug-likeness (QED) is 0.264. The molecular weight excluding hydrogens is 390 g/mol.